The van der Waals surface area contributed by atoms with E-state index in [2.05, 4.69) is 30.8 Å². The molecule has 0 aliphatic rings. The monoisotopic (exact) mass is 595 g/mol. The zero-order valence-electron chi connectivity index (χ0n) is 20.1. The summed E-state index contributed by atoms with van der Waals surface area (Å²) >= 11 is 9.58. The maximum absolute atomic E-state index is 13.6. The van der Waals surface area contributed by atoms with Gasteiger partial charge >= 0.3 is 5.97 Å². The van der Waals surface area contributed by atoms with E-state index >= 15 is 0 Å². The number of carbonyl (C=O) groups is 1. The Morgan fingerprint density at radius 2 is 1.97 bits per heavy atom. The van der Waals surface area contributed by atoms with E-state index in [0.717, 1.165) is 10.1 Å². The molecule has 192 valence electrons. The van der Waals surface area contributed by atoms with Gasteiger partial charge in [-0.25, -0.2) is 9.78 Å². The Morgan fingerprint density at radius 1 is 1.16 bits per heavy atom. The van der Waals surface area contributed by atoms with E-state index in [0.29, 0.717) is 43.1 Å². The molecule has 0 spiro atoms. The highest BCUT2D eigenvalue weighted by Crippen LogP contribution is 2.34. The van der Waals surface area contributed by atoms with Crippen molar-refractivity contribution in [3.63, 3.8) is 0 Å². The number of esters is 1. The number of halogens is 2. The molecular formula is C27H19BrClN3O6. The zero-order valence-corrected chi connectivity index (χ0v) is 22.4. The summed E-state index contributed by atoms with van der Waals surface area (Å²) in [6.07, 6.45) is 1.42. The largest absolute Gasteiger partial charge is 0.493 e. The minimum absolute atomic E-state index is 0.191. The van der Waals surface area contributed by atoms with Crippen molar-refractivity contribution in [2.24, 2.45) is 5.10 Å². The quantitative estimate of drug-likeness (QED) is 0.176. The van der Waals surface area contributed by atoms with Crippen LogP contribution in [0.5, 0.6) is 11.5 Å². The fourth-order valence-corrected chi connectivity index (χ4v) is 4.45. The second kappa shape index (κ2) is 10.7. The minimum Gasteiger partial charge on any atom is -0.493 e. The zero-order chi connectivity index (χ0) is 26.8. The molecule has 0 amide bonds. The van der Waals surface area contributed by atoms with Crippen LogP contribution in [0.3, 0.4) is 0 Å². The number of fused-ring (bicyclic) bond motifs is 2. The van der Waals surface area contributed by atoms with Crippen LogP contribution in [0.15, 0.2) is 79.4 Å². The van der Waals surface area contributed by atoms with Crippen LogP contribution in [0, 0.1) is 0 Å². The Balaban J connectivity index is 1.68. The summed E-state index contributed by atoms with van der Waals surface area (Å²) in [5.41, 5.74) is 1.10. The van der Waals surface area contributed by atoms with Crippen LogP contribution in [0.4, 0.5) is 0 Å². The summed E-state index contributed by atoms with van der Waals surface area (Å²) in [7, 11) is 2.73. The maximum Gasteiger partial charge on any atom is 0.343 e. The highest BCUT2D eigenvalue weighted by atomic mass is 79.9. The van der Waals surface area contributed by atoms with Crippen molar-refractivity contribution in [3.8, 4) is 23.1 Å². The number of furan rings is 1. The standard InChI is InChI=1S/C27H19BrClN3O6/c1-35-22-12-17(28)9-16(25(22)37-14-24(33)36-2)13-30-32-26(31-20-6-4-3-5-19(20)27(32)34)23-11-15-10-18(29)7-8-21(15)38-23/h3-13H,14H2,1-2H3. The summed E-state index contributed by atoms with van der Waals surface area (Å²) in [4.78, 5) is 29.9. The molecule has 0 aliphatic heterocycles. The first-order chi connectivity index (χ1) is 18.4. The minimum atomic E-state index is -0.569. The molecular weight excluding hydrogens is 578 g/mol. The second-order valence-corrected chi connectivity index (χ2v) is 9.35. The summed E-state index contributed by atoms with van der Waals surface area (Å²) < 4.78 is 23.6. The lowest BCUT2D eigenvalue weighted by molar-refractivity contribution is -0.142. The van der Waals surface area contributed by atoms with Gasteiger partial charge in [-0.15, -0.1) is 0 Å². The van der Waals surface area contributed by atoms with Crippen LogP contribution >= 0.6 is 27.5 Å². The van der Waals surface area contributed by atoms with Crippen LogP contribution in [0.2, 0.25) is 5.02 Å². The average molecular weight is 597 g/mol. The average Bonchev–Trinajstić information content (AvgIpc) is 3.34. The van der Waals surface area contributed by atoms with Crippen molar-refractivity contribution < 1.29 is 23.4 Å². The third kappa shape index (κ3) is 5.00. The van der Waals surface area contributed by atoms with Crippen molar-refractivity contribution in [2.45, 2.75) is 0 Å². The van der Waals surface area contributed by atoms with Gasteiger partial charge in [0.1, 0.15) is 5.58 Å². The molecule has 0 radical (unpaired) electrons. The van der Waals surface area contributed by atoms with E-state index in [-0.39, 0.29) is 18.2 Å². The summed E-state index contributed by atoms with van der Waals surface area (Å²) in [6.45, 7) is -0.348. The third-order valence-electron chi connectivity index (χ3n) is 5.60. The second-order valence-electron chi connectivity index (χ2n) is 8.00. The molecule has 0 aliphatic carbocycles. The van der Waals surface area contributed by atoms with Crippen molar-refractivity contribution in [1.82, 2.24) is 9.66 Å². The molecule has 0 fully saturated rings. The van der Waals surface area contributed by atoms with Gasteiger partial charge in [-0.1, -0.05) is 39.7 Å². The summed E-state index contributed by atoms with van der Waals surface area (Å²) in [6, 6.07) is 17.3. The molecule has 11 heteroatoms. The molecule has 0 unspecified atom stereocenters. The smallest absolute Gasteiger partial charge is 0.343 e. The first-order valence-electron chi connectivity index (χ1n) is 11.2. The Bertz CT molecular complexity index is 1780. The van der Waals surface area contributed by atoms with Crippen LogP contribution in [0.1, 0.15) is 5.56 Å². The maximum atomic E-state index is 13.6. The number of hydrogen-bond acceptors (Lipinski definition) is 8. The van der Waals surface area contributed by atoms with Crippen LogP contribution < -0.4 is 15.0 Å². The van der Waals surface area contributed by atoms with E-state index in [1.165, 1.54) is 20.4 Å². The Hall–Kier alpha value is -4.15. The van der Waals surface area contributed by atoms with Gasteiger partial charge in [0.25, 0.3) is 5.56 Å². The number of para-hydroxylation sites is 1. The third-order valence-corrected chi connectivity index (χ3v) is 6.29. The van der Waals surface area contributed by atoms with Crippen molar-refractivity contribution in [3.05, 3.63) is 86.1 Å². The predicted octanol–water partition coefficient (Wildman–Crippen LogP) is 5.67. The van der Waals surface area contributed by atoms with Gasteiger partial charge in [0, 0.05) is 20.4 Å². The molecule has 38 heavy (non-hydrogen) atoms. The van der Waals surface area contributed by atoms with Crippen LogP contribution in [0.25, 0.3) is 33.5 Å². The Morgan fingerprint density at radius 3 is 2.76 bits per heavy atom. The topological polar surface area (TPSA) is 105 Å². The molecule has 0 saturated carbocycles. The normalized spacial score (nSPS) is 11.4. The lowest BCUT2D eigenvalue weighted by atomic mass is 10.2. The van der Waals surface area contributed by atoms with E-state index in [4.69, 9.17) is 25.5 Å². The van der Waals surface area contributed by atoms with E-state index in [1.807, 2.05) is 0 Å². The van der Waals surface area contributed by atoms with Crippen LogP contribution in [-0.2, 0) is 9.53 Å². The number of methoxy groups -OCH3 is 2. The SMILES string of the molecule is COC(=O)COc1c(C=Nn2c(-c3cc4cc(Cl)ccc4o3)nc3ccccc3c2=O)cc(Br)cc1OC. The highest BCUT2D eigenvalue weighted by Gasteiger charge is 2.18. The molecule has 5 aromatic rings. The molecule has 3 aromatic carbocycles. The molecule has 5 rings (SSSR count). The van der Waals surface area contributed by atoms with Crippen molar-refractivity contribution >= 4 is 61.6 Å². The predicted molar refractivity (Wildman–Crippen MR) is 147 cm³/mol. The number of rotatable bonds is 7. The number of ether oxygens (including phenoxy) is 3. The molecule has 0 bridgehead atoms. The number of nitrogens with zero attached hydrogens (tertiary/aromatic N) is 3. The fourth-order valence-electron chi connectivity index (χ4n) is 3.82. The lowest BCUT2D eigenvalue weighted by Crippen LogP contribution is -2.20. The number of carbonyl (C=O) groups excluding carboxylic acids is 1. The van der Waals surface area contributed by atoms with Crippen molar-refractivity contribution in [2.75, 3.05) is 20.8 Å². The fraction of sp³-hybridized carbons (Fsp3) is 0.111. The molecule has 0 N–H and O–H groups in total. The van der Waals surface area contributed by atoms with Gasteiger partial charge in [-0.05, 0) is 48.5 Å². The molecule has 9 nitrogen and oxygen atoms in total. The van der Waals surface area contributed by atoms with Gasteiger partial charge < -0.3 is 18.6 Å². The Kier molecular flexibility index (Phi) is 7.17. The molecule has 0 saturated heterocycles. The van der Waals surface area contributed by atoms with Gasteiger partial charge in [-0.3, -0.25) is 4.79 Å². The summed E-state index contributed by atoms with van der Waals surface area (Å²) in [5.74, 6) is 0.544. The summed E-state index contributed by atoms with van der Waals surface area (Å²) in [5, 5.41) is 6.15. The number of hydrogen-bond donors (Lipinski definition) is 0. The van der Waals surface area contributed by atoms with E-state index in [1.54, 1.807) is 60.7 Å². The molecule has 0 atom stereocenters. The molecule has 2 aromatic heterocycles. The van der Waals surface area contributed by atoms with Gasteiger partial charge in [0.2, 0.25) is 5.82 Å². The lowest BCUT2D eigenvalue weighted by Gasteiger charge is -2.13. The molecule has 2 heterocycles. The van der Waals surface area contributed by atoms with Gasteiger partial charge in [0.05, 0.1) is 31.3 Å². The highest BCUT2D eigenvalue weighted by molar-refractivity contribution is 9.10. The Labute approximate surface area is 229 Å². The first kappa shape index (κ1) is 25.5. The van der Waals surface area contributed by atoms with E-state index in [9.17, 15) is 9.59 Å². The number of benzene rings is 3. The van der Waals surface area contributed by atoms with Gasteiger partial charge in [0.15, 0.2) is 23.9 Å². The van der Waals surface area contributed by atoms with E-state index < -0.39 is 11.5 Å². The van der Waals surface area contributed by atoms with Crippen molar-refractivity contribution in [1.29, 1.82) is 0 Å². The van der Waals surface area contributed by atoms with Crippen LogP contribution in [-0.4, -0.2) is 42.7 Å². The first-order valence-corrected chi connectivity index (χ1v) is 12.4. The van der Waals surface area contributed by atoms with Gasteiger partial charge in [-0.2, -0.15) is 9.78 Å². The number of aromatic nitrogens is 2.